The molecule has 0 fully saturated rings. The summed E-state index contributed by atoms with van der Waals surface area (Å²) in [5.41, 5.74) is 0.362. The molecule has 1 aromatic rings. The molecule has 0 heterocycles. The van der Waals surface area contributed by atoms with Gasteiger partial charge in [-0.1, -0.05) is 0 Å². The number of benzene rings is 1. The number of hydrogen-bond donors (Lipinski definition) is 4. The molecule has 19 heavy (non-hydrogen) atoms. The lowest BCUT2D eigenvalue weighted by Gasteiger charge is -2.11. The van der Waals surface area contributed by atoms with Gasteiger partial charge in [0.05, 0.1) is 11.9 Å². The number of hydrogen-bond acceptors (Lipinski definition) is 6. The van der Waals surface area contributed by atoms with Crippen molar-refractivity contribution < 1.29 is 27.9 Å². The molecule has 0 atom stereocenters. The minimum atomic E-state index is -3.51. The second-order valence-corrected chi connectivity index (χ2v) is 5.49. The molecule has 1 aromatic carbocycles. The minimum absolute atomic E-state index is 0.0209. The summed E-state index contributed by atoms with van der Waals surface area (Å²) in [6.07, 6.45) is 0.958. The van der Waals surface area contributed by atoms with E-state index in [1.165, 1.54) is 25.1 Å². The maximum atomic E-state index is 11.1. The molecule has 104 valence electrons. The standard InChI is InChI=1S/C9H13BN2O6S/c1-6(13)11-7-3-8(12-19(2,16)17)5-9(4-7)18-10(14)15/h3-5,12,14-15H,1-2H3,(H,11,13). The van der Waals surface area contributed by atoms with Gasteiger partial charge in [0.15, 0.2) is 0 Å². The number of amides is 1. The van der Waals surface area contributed by atoms with E-state index in [1.54, 1.807) is 0 Å². The predicted octanol–water partition coefficient (Wildman–Crippen LogP) is -0.635. The fourth-order valence-corrected chi connectivity index (χ4v) is 1.88. The molecule has 0 unspecified atom stereocenters. The predicted molar refractivity (Wildman–Crippen MR) is 70.0 cm³/mol. The first-order chi connectivity index (χ1) is 8.65. The van der Waals surface area contributed by atoms with Gasteiger partial charge in [0.2, 0.25) is 15.9 Å². The number of nitrogens with one attached hydrogen (secondary N) is 2. The summed E-state index contributed by atoms with van der Waals surface area (Å²) in [5.74, 6) is -0.389. The third-order valence-electron chi connectivity index (χ3n) is 1.77. The van der Waals surface area contributed by atoms with E-state index in [-0.39, 0.29) is 23.0 Å². The van der Waals surface area contributed by atoms with E-state index >= 15 is 0 Å². The molecular weight excluding hydrogens is 275 g/mol. The van der Waals surface area contributed by atoms with E-state index < -0.39 is 17.3 Å². The average Bonchev–Trinajstić information content (AvgIpc) is 2.10. The number of sulfonamides is 1. The maximum absolute atomic E-state index is 11.1. The van der Waals surface area contributed by atoms with E-state index in [2.05, 4.69) is 14.7 Å². The quantitative estimate of drug-likeness (QED) is 0.534. The van der Waals surface area contributed by atoms with E-state index in [1.807, 2.05) is 0 Å². The van der Waals surface area contributed by atoms with Crippen LogP contribution in [0.5, 0.6) is 5.75 Å². The highest BCUT2D eigenvalue weighted by molar-refractivity contribution is 7.92. The van der Waals surface area contributed by atoms with Crippen molar-refractivity contribution in [2.75, 3.05) is 16.3 Å². The zero-order chi connectivity index (χ0) is 14.6. The van der Waals surface area contributed by atoms with E-state index in [4.69, 9.17) is 10.0 Å². The summed E-state index contributed by atoms with van der Waals surface area (Å²) >= 11 is 0. The molecule has 0 aliphatic rings. The monoisotopic (exact) mass is 288 g/mol. The van der Waals surface area contributed by atoms with Crippen LogP contribution in [0.15, 0.2) is 18.2 Å². The molecule has 4 N–H and O–H groups in total. The third kappa shape index (κ3) is 6.09. The van der Waals surface area contributed by atoms with Gasteiger partial charge >= 0.3 is 7.32 Å². The second kappa shape index (κ2) is 5.91. The van der Waals surface area contributed by atoms with Gasteiger partial charge < -0.3 is 20.0 Å². The Kier molecular flexibility index (Phi) is 4.75. The Morgan fingerprint density at radius 2 is 1.84 bits per heavy atom. The second-order valence-electron chi connectivity index (χ2n) is 3.75. The highest BCUT2D eigenvalue weighted by Gasteiger charge is 2.14. The van der Waals surface area contributed by atoms with Crippen LogP contribution in [-0.2, 0) is 14.8 Å². The topological polar surface area (TPSA) is 125 Å². The van der Waals surface area contributed by atoms with Gasteiger partial charge in [-0.15, -0.1) is 0 Å². The smallest absolute Gasteiger partial charge is 0.512 e. The molecular formula is C9H13BN2O6S. The lowest BCUT2D eigenvalue weighted by molar-refractivity contribution is -0.114. The SMILES string of the molecule is CC(=O)Nc1cc(NS(C)(=O)=O)cc(OB(O)O)c1. The summed E-state index contributed by atoms with van der Waals surface area (Å²) in [6.45, 7) is 1.28. The van der Waals surface area contributed by atoms with Crippen molar-refractivity contribution in [1.29, 1.82) is 0 Å². The molecule has 0 aliphatic carbocycles. The lowest BCUT2D eigenvalue weighted by atomic mass is 10.2. The lowest BCUT2D eigenvalue weighted by Crippen LogP contribution is -2.21. The van der Waals surface area contributed by atoms with Crippen LogP contribution in [-0.4, -0.2) is 38.0 Å². The van der Waals surface area contributed by atoms with Crippen molar-refractivity contribution in [3.8, 4) is 5.75 Å². The number of anilines is 2. The first-order valence-electron chi connectivity index (χ1n) is 5.09. The van der Waals surface area contributed by atoms with Crippen LogP contribution < -0.4 is 14.7 Å². The van der Waals surface area contributed by atoms with Gasteiger partial charge in [-0.05, 0) is 6.07 Å². The normalized spacial score (nSPS) is 10.7. The van der Waals surface area contributed by atoms with E-state index in [0.29, 0.717) is 0 Å². The highest BCUT2D eigenvalue weighted by Crippen LogP contribution is 2.25. The number of carbonyl (C=O) groups is 1. The van der Waals surface area contributed by atoms with Crippen molar-refractivity contribution in [2.45, 2.75) is 6.92 Å². The highest BCUT2D eigenvalue weighted by atomic mass is 32.2. The number of rotatable bonds is 5. The Balaban J connectivity index is 3.11. The van der Waals surface area contributed by atoms with Crippen molar-refractivity contribution in [3.05, 3.63) is 18.2 Å². The average molecular weight is 288 g/mol. The Morgan fingerprint density at radius 3 is 2.32 bits per heavy atom. The summed E-state index contributed by atoms with van der Waals surface area (Å²) < 4.78 is 29.1. The fraction of sp³-hybridized carbons (Fsp3) is 0.222. The van der Waals surface area contributed by atoms with Crippen LogP contribution in [0.25, 0.3) is 0 Å². The van der Waals surface area contributed by atoms with E-state index in [9.17, 15) is 13.2 Å². The zero-order valence-corrected chi connectivity index (χ0v) is 11.1. The van der Waals surface area contributed by atoms with Crippen LogP contribution in [0.1, 0.15) is 6.92 Å². The Bertz CT molecular complexity index is 574. The molecule has 1 amide bonds. The first-order valence-corrected chi connectivity index (χ1v) is 6.98. The summed E-state index contributed by atoms with van der Waals surface area (Å²) in [5, 5.41) is 19.8. The summed E-state index contributed by atoms with van der Waals surface area (Å²) in [7, 11) is -5.57. The van der Waals surface area contributed by atoms with Crippen molar-refractivity contribution in [2.24, 2.45) is 0 Å². The molecule has 10 heteroatoms. The zero-order valence-electron chi connectivity index (χ0n) is 10.2. The molecule has 0 aliphatic heterocycles. The van der Waals surface area contributed by atoms with Crippen molar-refractivity contribution >= 4 is 34.6 Å². The third-order valence-corrected chi connectivity index (χ3v) is 2.38. The van der Waals surface area contributed by atoms with Crippen LogP contribution in [0.4, 0.5) is 11.4 Å². The van der Waals surface area contributed by atoms with E-state index in [0.717, 1.165) is 6.26 Å². The Labute approximate surface area is 110 Å². The minimum Gasteiger partial charge on any atom is -0.512 e. The van der Waals surface area contributed by atoms with Crippen LogP contribution in [0.2, 0.25) is 0 Å². The van der Waals surface area contributed by atoms with Crippen molar-refractivity contribution in [1.82, 2.24) is 0 Å². The van der Waals surface area contributed by atoms with Gasteiger partial charge in [-0.25, -0.2) is 8.42 Å². The van der Waals surface area contributed by atoms with Crippen LogP contribution in [0, 0.1) is 0 Å². The molecule has 1 rings (SSSR count). The first kappa shape index (κ1) is 15.3. The van der Waals surface area contributed by atoms with Gasteiger partial charge in [0.25, 0.3) is 0 Å². The van der Waals surface area contributed by atoms with Gasteiger partial charge in [0, 0.05) is 24.7 Å². The molecule has 8 nitrogen and oxygen atoms in total. The van der Waals surface area contributed by atoms with Crippen molar-refractivity contribution in [3.63, 3.8) is 0 Å². The van der Waals surface area contributed by atoms with Gasteiger partial charge in [-0.2, -0.15) is 0 Å². The summed E-state index contributed by atoms with van der Waals surface area (Å²) in [6, 6.07) is 3.92. The molecule has 0 spiro atoms. The Hall–Kier alpha value is -1.78. The molecule has 0 saturated heterocycles. The Morgan fingerprint density at radius 1 is 1.26 bits per heavy atom. The molecule has 0 bridgehead atoms. The molecule has 0 aromatic heterocycles. The summed E-state index contributed by atoms with van der Waals surface area (Å²) in [4.78, 5) is 11.0. The van der Waals surface area contributed by atoms with Crippen LogP contribution >= 0.6 is 0 Å². The number of carbonyl (C=O) groups excluding carboxylic acids is 1. The van der Waals surface area contributed by atoms with Gasteiger partial charge in [-0.3, -0.25) is 9.52 Å². The maximum Gasteiger partial charge on any atom is 0.707 e. The van der Waals surface area contributed by atoms with Crippen LogP contribution in [0.3, 0.4) is 0 Å². The largest absolute Gasteiger partial charge is 0.707 e. The fourth-order valence-electron chi connectivity index (χ4n) is 1.34. The molecule has 0 radical (unpaired) electrons. The van der Waals surface area contributed by atoms with Gasteiger partial charge in [0.1, 0.15) is 5.75 Å². The molecule has 0 saturated carbocycles.